The van der Waals surface area contributed by atoms with Crippen LogP contribution in [0.4, 0.5) is 11.4 Å². The van der Waals surface area contributed by atoms with Gasteiger partial charge >= 0.3 is 0 Å². The molecule has 0 spiro atoms. The smallest absolute Gasteiger partial charge is 0.268 e. The van der Waals surface area contributed by atoms with Crippen LogP contribution in [-0.4, -0.2) is 32.1 Å². The first-order valence-electron chi connectivity index (χ1n) is 7.66. The summed E-state index contributed by atoms with van der Waals surface area (Å²) in [4.78, 5) is 26.2. The van der Waals surface area contributed by atoms with E-state index in [9.17, 15) is 9.59 Å². The van der Waals surface area contributed by atoms with E-state index in [1.54, 1.807) is 37.4 Å². The van der Waals surface area contributed by atoms with Crippen LogP contribution in [0.5, 0.6) is 11.5 Å². The zero-order valence-electron chi connectivity index (χ0n) is 13.8. The highest BCUT2D eigenvalue weighted by Crippen LogP contribution is 2.33. The van der Waals surface area contributed by atoms with Crippen molar-refractivity contribution in [2.75, 3.05) is 24.4 Å². The van der Waals surface area contributed by atoms with Crippen LogP contribution in [0.15, 0.2) is 42.5 Å². The zero-order valence-corrected chi connectivity index (χ0v) is 14.5. The molecule has 3 rings (SSSR count). The molecular formula is C18H17ClN2O4. The number of rotatable bonds is 4. The summed E-state index contributed by atoms with van der Waals surface area (Å²) >= 11 is 6.04. The molecule has 25 heavy (non-hydrogen) atoms. The van der Waals surface area contributed by atoms with Crippen molar-refractivity contribution >= 4 is 34.8 Å². The second kappa shape index (κ2) is 7.03. The summed E-state index contributed by atoms with van der Waals surface area (Å²) in [5.41, 5.74) is 1.21. The Hall–Kier alpha value is -2.73. The van der Waals surface area contributed by atoms with Gasteiger partial charge in [-0.1, -0.05) is 23.7 Å². The lowest BCUT2D eigenvalue weighted by atomic mass is 10.1. The number of benzene rings is 2. The number of carbonyl (C=O) groups is 2. The summed E-state index contributed by atoms with van der Waals surface area (Å²) in [7, 11) is 3.18. The van der Waals surface area contributed by atoms with Crippen molar-refractivity contribution in [2.24, 2.45) is 0 Å². The third kappa shape index (κ3) is 3.53. The monoisotopic (exact) mass is 360 g/mol. The number of hydrogen-bond donors (Lipinski definition) is 1. The molecule has 1 heterocycles. The van der Waals surface area contributed by atoms with E-state index in [2.05, 4.69) is 5.32 Å². The summed E-state index contributed by atoms with van der Waals surface area (Å²) in [6.07, 6.45) is -0.963. The van der Waals surface area contributed by atoms with Gasteiger partial charge in [-0.3, -0.25) is 9.59 Å². The molecule has 1 aliphatic heterocycles. The Balaban J connectivity index is 1.69. The van der Waals surface area contributed by atoms with E-state index in [0.717, 1.165) is 0 Å². The first-order valence-corrected chi connectivity index (χ1v) is 8.04. The minimum Gasteiger partial charge on any atom is -0.495 e. The fraction of sp³-hybridized carbons (Fsp3) is 0.222. The molecule has 1 unspecified atom stereocenters. The fourth-order valence-corrected chi connectivity index (χ4v) is 2.88. The van der Waals surface area contributed by atoms with Gasteiger partial charge in [-0.25, -0.2) is 0 Å². The molecular weight excluding hydrogens is 344 g/mol. The minimum atomic E-state index is -0.867. The van der Waals surface area contributed by atoms with E-state index >= 15 is 0 Å². The van der Waals surface area contributed by atoms with E-state index in [1.165, 1.54) is 12.0 Å². The second-order valence-corrected chi connectivity index (χ2v) is 5.98. The molecule has 2 aromatic carbocycles. The standard InChI is InChI=1S/C18H17ClN2O4/c1-21-13-5-3-4-6-15(13)25-16(18(21)23)10-17(22)20-11-7-8-14(24-2)12(19)9-11/h3-9,16H,10H2,1-2H3,(H,20,22). The Morgan fingerprint density at radius 2 is 2.08 bits per heavy atom. The van der Waals surface area contributed by atoms with Crippen LogP contribution < -0.4 is 19.7 Å². The number of anilines is 2. The first-order chi connectivity index (χ1) is 12.0. The largest absolute Gasteiger partial charge is 0.495 e. The van der Waals surface area contributed by atoms with Gasteiger partial charge in [0.15, 0.2) is 6.10 Å². The number of nitrogens with zero attached hydrogens (tertiary/aromatic N) is 1. The van der Waals surface area contributed by atoms with E-state index < -0.39 is 6.10 Å². The highest BCUT2D eigenvalue weighted by Gasteiger charge is 2.33. The molecule has 1 N–H and O–H groups in total. The molecule has 7 heteroatoms. The molecule has 130 valence electrons. The highest BCUT2D eigenvalue weighted by molar-refractivity contribution is 6.32. The molecule has 1 atom stereocenters. The van der Waals surface area contributed by atoms with Crippen LogP contribution >= 0.6 is 11.6 Å². The van der Waals surface area contributed by atoms with Gasteiger partial charge in [0, 0.05) is 12.7 Å². The molecule has 2 amide bonds. The third-order valence-electron chi connectivity index (χ3n) is 3.91. The van der Waals surface area contributed by atoms with Gasteiger partial charge in [0.25, 0.3) is 5.91 Å². The maximum atomic E-state index is 12.4. The number of ether oxygens (including phenoxy) is 2. The summed E-state index contributed by atoms with van der Waals surface area (Å²) in [6.45, 7) is 0. The Bertz CT molecular complexity index is 824. The van der Waals surface area contributed by atoms with Gasteiger partial charge in [0.1, 0.15) is 11.5 Å². The van der Waals surface area contributed by atoms with Gasteiger partial charge in [0.2, 0.25) is 5.91 Å². The Morgan fingerprint density at radius 3 is 2.80 bits per heavy atom. The molecule has 0 saturated carbocycles. The van der Waals surface area contributed by atoms with Crippen molar-refractivity contribution in [3.8, 4) is 11.5 Å². The first kappa shape index (κ1) is 17.1. The van der Waals surface area contributed by atoms with Crippen molar-refractivity contribution in [2.45, 2.75) is 12.5 Å². The third-order valence-corrected chi connectivity index (χ3v) is 4.20. The summed E-state index contributed by atoms with van der Waals surface area (Å²) in [5.74, 6) is 0.493. The normalized spacial score (nSPS) is 16.0. The SMILES string of the molecule is COc1ccc(NC(=O)CC2Oc3ccccc3N(C)C2=O)cc1Cl. The quantitative estimate of drug-likeness (QED) is 0.909. The molecule has 0 radical (unpaired) electrons. The van der Waals surface area contributed by atoms with E-state index in [4.69, 9.17) is 21.1 Å². The van der Waals surface area contributed by atoms with Gasteiger partial charge in [0.05, 0.1) is 24.2 Å². The van der Waals surface area contributed by atoms with Crippen LogP contribution in [0.2, 0.25) is 5.02 Å². The Kier molecular flexibility index (Phi) is 4.81. The van der Waals surface area contributed by atoms with E-state index in [1.807, 2.05) is 12.1 Å². The lowest BCUT2D eigenvalue weighted by Crippen LogP contribution is -2.45. The van der Waals surface area contributed by atoms with Gasteiger partial charge in [-0.15, -0.1) is 0 Å². The lowest BCUT2D eigenvalue weighted by Gasteiger charge is -2.31. The van der Waals surface area contributed by atoms with Crippen molar-refractivity contribution in [1.82, 2.24) is 0 Å². The Labute approximate surface area is 150 Å². The number of para-hydroxylation sites is 2. The van der Waals surface area contributed by atoms with Crippen molar-refractivity contribution in [3.05, 3.63) is 47.5 Å². The van der Waals surface area contributed by atoms with Gasteiger partial charge in [-0.2, -0.15) is 0 Å². The number of nitrogens with one attached hydrogen (secondary N) is 1. The van der Waals surface area contributed by atoms with Crippen LogP contribution in [0, 0.1) is 0 Å². The molecule has 2 aromatic rings. The van der Waals surface area contributed by atoms with Gasteiger partial charge in [-0.05, 0) is 30.3 Å². The average Bonchev–Trinajstić information content (AvgIpc) is 2.59. The second-order valence-electron chi connectivity index (χ2n) is 5.57. The number of likely N-dealkylation sites (N-methyl/N-ethyl adjacent to an activating group) is 1. The van der Waals surface area contributed by atoms with Crippen LogP contribution in [-0.2, 0) is 9.59 Å². The molecule has 0 aromatic heterocycles. The molecule has 0 aliphatic carbocycles. The molecule has 0 saturated heterocycles. The minimum absolute atomic E-state index is 0.0961. The number of amides is 2. The van der Waals surface area contributed by atoms with E-state index in [0.29, 0.717) is 27.9 Å². The molecule has 1 aliphatic rings. The maximum Gasteiger partial charge on any atom is 0.268 e. The predicted octanol–water partition coefficient (Wildman–Crippen LogP) is 3.10. The van der Waals surface area contributed by atoms with Crippen LogP contribution in [0.3, 0.4) is 0 Å². The van der Waals surface area contributed by atoms with Crippen LogP contribution in [0.25, 0.3) is 0 Å². The number of methoxy groups -OCH3 is 1. The van der Waals surface area contributed by atoms with Crippen molar-refractivity contribution < 1.29 is 19.1 Å². The predicted molar refractivity (Wildman–Crippen MR) is 95.5 cm³/mol. The zero-order chi connectivity index (χ0) is 18.0. The summed E-state index contributed by atoms with van der Waals surface area (Å²) < 4.78 is 10.8. The summed E-state index contributed by atoms with van der Waals surface area (Å²) in [6, 6.07) is 12.1. The topological polar surface area (TPSA) is 67.9 Å². The molecule has 0 fully saturated rings. The average molecular weight is 361 g/mol. The lowest BCUT2D eigenvalue weighted by molar-refractivity contribution is -0.130. The van der Waals surface area contributed by atoms with E-state index in [-0.39, 0.29) is 18.2 Å². The number of carbonyl (C=O) groups excluding carboxylic acids is 2. The number of halogens is 1. The fourth-order valence-electron chi connectivity index (χ4n) is 2.63. The van der Waals surface area contributed by atoms with Crippen molar-refractivity contribution in [1.29, 1.82) is 0 Å². The Morgan fingerprint density at radius 1 is 1.32 bits per heavy atom. The number of hydrogen-bond acceptors (Lipinski definition) is 4. The van der Waals surface area contributed by atoms with Gasteiger partial charge < -0.3 is 19.7 Å². The summed E-state index contributed by atoms with van der Waals surface area (Å²) in [5, 5.41) is 3.10. The van der Waals surface area contributed by atoms with Crippen molar-refractivity contribution in [3.63, 3.8) is 0 Å². The molecule has 6 nitrogen and oxygen atoms in total. The van der Waals surface area contributed by atoms with Crippen LogP contribution in [0.1, 0.15) is 6.42 Å². The maximum absolute atomic E-state index is 12.4. The molecule has 0 bridgehead atoms. The number of fused-ring (bicyclic) bond motifs is 1. The highest BCUT2D eigenvalue weighted by atomic mass is 35.5.